The Morgan fingerprint density at radius 1 is 0.923 bits per heavy atom. The third kappa shape index (κ3) is 4.12. The topological polar surface area (TPSA) is 77.8 Å². The molecule has 26 heavy (non-hydrogen) atoms. The minimum atomic E-state index is 0.452. The van der Waals surface area contributed by atoms with Crippen LogP contribution in [0.3, 0.4) is 0 Å². The van der Waals surface area contributed by atoms with E-state index in [1.165, 1.54) is 11.8 Å². The molecule has 2 aromatic carbocycles. The summed E-state index contributed by atoms with van der Waals surface area (Å²) >= 11 is 7.24. The van der Waals surface area contributed by atoms with E-state index in [-0.39, 0.29) is 0 Å². The fourth-order valence-corrected chi connectivity index (χ4v) is 3.04. The molecule has 2 aromatic heterocycles. The van der Waals surface area contributed by atoms with Gasteiger partial charge in [-0.3, -0.25) is 0 Å². The molecule has 130 valence electrons. The van der Waals surface area contributed by atoms with Gasteiger partial charge in [0.1, 0.15) is 0 Å². The van der Waals surface area contributed by atoms with Gasteiger partial charge in [0.25, 0.3) is 5.22 Å². The number of nitrogens with zero attached hydrogens (tertiary/aromatic N) is 4. The summed E-state index contributed by atoms with van der Waals surface area (Å²) in [4.78, 5) is 4.37. The highest BCUT2D eigenvalue weighted by molar-refractivity contribution is 7.98. The summed E-state index contributed by atoms with van der Waals surface area (Å²) in [6.07, 6.45) is 0.607. The van der Waals surface area contributed by atoms with Gasteiger partial charge in [-0.2, -0.15) is 4.98 Å². The quantitative estimate of drug-likeness (QED) is 0.447. The minimum absolute atomic E-state index is 0.452. The van der Waals surface area contributed by atoms with Gasteiger partial charge in [0, 0.05) is 10.6 Å². The van der Waals surface area contributed by atoms with Crippen molar-refractivity contribution >= 4 is 23.4 Å². The molecule has 0 bridgehead atoms. The molecule has 0 radical (unpaired) electrons. The number of rotatable bonds is 6. The molecule has 0 amide bonds. The summed E-state index contributed by atoms with van der Waals surface area (Å²) in [7, 11) is 0. The molecular weight excluding hydrogens is 372 g/mol. The first kappa shape index (κ1) is 16.8. The third-order valence-electron chi connectivity index (χ3n) is 3.54. The average molecular weight is 385 g/mol. The van der Waals surface area contributed by atoms with Gasteiger partial charge in [0.2, 0.25) is 17.6 Å². The zero-order valence-electron chi connectivity index (χ0n) is 13.5. The van der Waals surface area contributed by atoms with E-state index in [2.05, 4.69) is 20.3 Å². The second-order valence-electron chi connectivity index (χ2n) is 5.43. The predicted molar refractivity (Wildman–Crippen MR) is 97.9 cm³/mol. The lowest BCUT2D eigenvalue weighted by molar-refractivity contribution is 0.389. The molecule has 0 fully saturated rings. The first-order valence-corrected chi connectivity index (χ1v) is 9.20. The summed E-state index contributed by atoms with van der Waals surface area (Å²) in [5.41, 5.74) is 1.97. The molecule has 0 unspecified atom stereocenters. The van der Waals surface area contributed by atoms with Gasteiger partial charge in [0.15, 0.2) is 0 Å². The molecule has 0 saturated heterocycles. The van der Waals surface area contributed by atoms with E-state index < -0.39 is 0 Å². The number of thioether (sulfide) groups is 1. The van der Waals surface area contributed by atoms with Crippen LogP contribution in [-0.2, 0) is 12.2 Å². The lowest BCUT2D eigenvalue weighted by Gasteiger charge is -1.95. The van der Waals surface area contributed by atoms with Crippen LogP contribution < -0.4 is 0 Å². The molecular formula is C18H13ClN4O2S. The van der Waals surface area contributed by atoms with Crippen molar-refractivity contribution in [1.29, 1.82) is 0 Å². The Morgan fingerprint density at radius 3 is 2.54 bits per heavy atom. The van der Waals surface area contributed by atoms with Crippen molar-refractivity contribution in [2.45, 2.75) is 17.4 Å². The Bertz CT molecular complexity index is 986. The van der Waals surface area contributed by atoms with Crippen molar-refractivity contribution in [2.75, 3.05) is 0 Å². The van der Waals surface area contributed by atoms with E-state index in [1.807, 2.05) is 42.5 Å². The molecule has 4 aromatic rings. The molecule has 0 aliphatic rings. The van der Waals surface area contributed by atoms with E-state index in [0.29, 0.717) is 40.0 Å². The van der Waals surface area contributed by atoms with Gasteiger partial charge < -0.3 is 8.94 Å². The van der Waals surface area contributed by atoms with E-state index >= 15 is 0 Å². The number of hydrogen-bond donors (Lipinski definition) is 0. The number of benzene rings is 2. The number of hydrogen-bond acceptors (Lipinski definition) is 7. The van der Waals surface area contributed by atoms with Crippen molar-refractivity contribution in [1.82, 2.24) is 20.3 Å². The maximum atomic E-state index is 5.88. The first-order valence-electron chi connectivity index (χ1n) is 7.84. The molecule has 8 heteroatoms. The zero-order chi connectivity index (χ0) is 17.8. The summed E-state index contributed by atoms with van der Waals surface area (Å²) in [5.74, 6) is 2.04. The maximum absolute atomic E-state index is 5.88. The van der Waals surface area contributed by atoms with E-state index in [0.717, 1.165) is 11.1 Å². The van der Waals surface area contributed by atoms with Crippen LogP contribution in [0.25, 0.3) is 11.4 Å². The zero-order valence-corrected chi connectivity index (χ0v) is 15.1. The standard InChI is InChI=1S/C18H13ClN4O2S/c19-14-8-6-13(7-9-14)17-20-16(25-23-17)11-26-18-22-21-15(24-18)10-12-4-2-1-3-5-12/h1-9H,10-11H2. The highest BCUT2D eigenvalue weighted by Gasteiger charge is 2.12. The van der Waals surface area contributed by atoms with Crippen LogP contribution in [0.15, 0.2) is 68.8 Å². The first-order chi connectivity index (χ1) is 12.8. The van der Waals surface area contributed by atoms with Crippen LogP contribution in [0, 0.1) is 0 Å². The van der Waals surface area contributed by atoms with Gasteiger partial charge in [-0.1, -0.05) is 58.9 Å². The Balaban J connectivity index is 1.37. The van der Waals surface area contributed by atoms with Gasteiger partial charge in [-0.15, -0.1) is 10.2 Å². The van der Waals surface area contributed by atoms with E-state index in [4.69, 9.17) is 20.5 Å². The normalized spacial score (nSPS) is 11.0. The van der Waals surface area contributed by atoms with Crippen LogP contribution in [0.2, 0.25) is 5.02 Å². The maximum Gasteiger partial charge on any atom is 0.277 e. The number of aromatic nitrogens is 4. The Labute approximate surface area is 158 Å². The molecule has 0 N–H and O–H groups in total. The largest absolute Gasteiger partial charge is 0.416 e. The lowest BCUT2D eigenvalue weighted by atomic mass is 10.2. The molecule has 0 atom stereocenters. The second kappa shape index (κ2) is 7.72. The Kier molecular flexibility index (Phi) is 4.99. The van der Waals surface area contributed by atoms with Crippen LogP contribution in [-0.4, -0.2) is 20.3 Å². The molecule has 0 spiro atoms. The van der Waals surface area contributed by atoms with Crippen LogP contribution in [0.4, 0.5) is 0 Å². The Morgan fingerprint density at radius 2 is 1.73 bits per heavy atom. The summed E-state index contributed by atoms with van der Waals surface area (Å²) in [6.45, 7) is 0. The second-order valence-corrected chi connectivity index (χ2v) is 6.79. The van der Waals surface area contributed by atoms with Crippen LogP contribution in [0.1, 0.15) is 17.3 Å². The van der Waals surface area contributed by atoms with Crippen molar-refractivity contribution in [3.63, 3.8) is 0 Å². The fraction of sp³-hybridized carbons (Fsp3) is 0.111. The average Bonchev–Trinajstić information content (AvgIpc) is 3.31. The summed E-state index contributed by atoms with van der Waals surface area (Å²) in [6, 6.07) is 17.2. The minimum Gasteiger partial charge on any atom is -0.416 e. The Hall–Kier alpha value is -2.64. The summed E-state index contributed by atoms with van der Waals surface area (Å²) in [5, 5.41) is 13.2. The molecule has 2 heterocycles. The highest BCUT2D eigenvalue weighted by Crippen LogP contribution is 2.24. The van der Waals surface area contributed by atoms with E-state index in [9.17, 15) is 0 Å². The number of halogens is 1. The van der Waals surface area contributed by atoms with Gasteiger partial charge in [-0.05, 0) is 29.8 Å². The molecule has 4 rings (SSSR count). The van der Waals surface area contributed by atoms with Crippen molar-refractivity contribution in [3.05, 3.63) is 77.0 Å². The lowest BCUT2D eigenvalue weighted by Crippen LogP contribution is -1.87. The molecule has 0 aliphatic heterocycles. The van der Waals surface area contributed by atoms with Crippen LogP contribution >= 0.6 is 23.4 Å². The van der Waals surface area contributed by atoms with E-state index in [1.54, 1.807) is 12.1 Å². The molecule has 0 aliphatic carbocycles. The van der Waals surface area contributed by atoms with Gasteiger partial charge in [-0.25, -0.2) is 0 Å². The fourth-order valence-electron chi connectivity index (χ4n) is 2.29. The van der Waals surface area contributed by atoms with Crippen molar-refractivity contribution in [2.24, 2.45) is 0 Å². The molecule has 0 saturated carbocycles. The van der Waals surface area contributed by atoms with Crippen molar-refractivity contribution in [3.8, 4) is 11.4 Å². The van der Waals surface area contributed by atoms with Gasteiger partial charge in [0.05, 0.1) is 12.2 Å². The van der Waals surface area contributed by atoms with Crippen LogP contribution in [0.5, 0.6) is 0 Å². The van der Waals surface area contributed by atoms with Gasteiger partial charge >= 0.3 is 0 Å². The van der Waals surface area contributed by atoms with Crippen molar-refractivity contribution < 1.29 is 8.94 Å². The monoisotopic (exact) mass is 384 g/mol. The predicted octanol–water partition coefficient (Wildman–Crippen LogP) is 4.66. The summed E-state index contributed by atoms with van der Waals surface area (Å²) < 4.78 is 10.9. The SMILES string of the molecule is Clc1ccc(-c2noc(CSc3nnc(Cc4ccccc4)o3)n2)cc1. The smallest absolute Gasteiger partial charge is 0.277 e. The highest BCUT2D eigenvalue weighted by atomic mass is 35.5. The third-order valence-corrected chi connectivity index (χ3v) is 4.59. The molecule has 6 nitrogen and oxygen atoms in total.